The van der Waals surface area contributed by atoms with Crippen LogP contribution in [0.15, 0.2) is 24.3 Å². The van der Waals surface area contributed by atoms with Gasteiger partial charge >= 0.3 is 0 Å². The van der Waals surface area contributed by atoms with E-state index in [2.05, 4.69) is 10.6 Å². The van der Waals surface area contributed by atoms with Gasteiger partial charge in [-0.05, 0) is 44.9 Å². The van der Waals surface area contributed by atoms with Gasteiger partial charge in [0.05, 0.1) is 17.9 Å². The summed E-state index contributed by atoms with van der Waals surface area (Å²) in [7, 11) is 2.02. The standard InChI is InChI=1S/C15H21N3O/c1-16-11-6-8-12(9-7-11)18-14-5-3-2-4-13(14)17-10-15(18)19/h2-5,11-12,16-17H,6-10H2,1H3. The normalized spacial score (nSPS) is 26.8. The average Bonchev–Trinajstić information content (AvgIpc) is 2.47. The van der Waals surface area contributed by atoms with Crippen molar-refractivity contribution < 1.29 is 4.79 Å². The van der Waals surface area contributed by atoms with Gasteiger partial charge in [0.25, 0.3) is 0 Å². The second kappa shape index (κ2) is 5.21. The molecule has 1 heterocycles. The molecule has 0 spiro atoms. The van der Waals surface area contributed by atoms with Gasteiger partial charge in [-0.3, -0.25) is 4.79 Å². The van der Waals surface area contributed by atoms with Crippen molar-refractivity contribution in [1.82, 2.24) is 5.32 Å². The topological polar surface area (TPSA) is 44.4 Å². The molecule has 1 aliphatic heterocycles. The van der Waals surface area contributed by atoms with E-state index in [1.54, 1.807) is 0 Å². The Labute approximate surface area is 114 Å². The Kier molecular flexibility index (Phi) is 3.42. The summed E-state index contributed by atoms with van der Waals surface area (Å²) in [4.78, 5) is 14.3. The lowest BCUT2D eigenvalue weighted by Crippen LogP contribution is -2.49. The molecule has 4 heteroatoms. The number of rotatable bonds is 2. The van der Waals surface area contributed by atoms with Crippen molar-refractivity contribution in [3.63, 3.8) is 0 Å². The van der Waals surface area contributed by atoms with Gasteiger partial charge in [-0.2, -0.15) is 0 Å². The van der Waals surface area contributed by atoms with Crippen molar-refractivity contribution in [3.8, 4) is 0 Å². The first-order valence-corrected chi connectivity index (χ1v) is 7.12. The largest absolute Gasteiger partial charge is 0.374 e. The van der Waals surface area contributed by atoms with Crippen LogP contribution in [0.5, 0.6) is 0 Å². The van der Waals surface area contributed by atoms with E-state index in [1.165, 1.54) is 0 Å². The first-order valence-electron chi connectivity index (χ1n) is 7.12. The van der Waals surface area contributed by atoms with Gasteiger partial charge in [0.15, 0.2) is 0 Å². The summed E-state index contributed by atoms with van der Waals surface area (Å²) in [5.74, 6) is 0.201. The summed E-state index contributed by atoms with van der Waals surface area (Å²) in [5, 5.41) is 6.54. The maximum atomic E-state index is 12.3. The van der Waals surface area contributed by atoms with Crippen LogP contribution in [0.1, 0.15) is 25.7 Å². The number of benzene rings is 1. The van der Waals surface area contributed by atoms with Crippen LogP contribution in [0, 0.1) is 0 Å². The molecule has 1 aromatic rings. The van der Waals surface area contributed by atoms with Crippen LogP contribution in [-0.4, -0.2) is 31.6 Å². The molecule has 2 aliphatic rings. The summed E-state index contributed by atoms with van der Waals surface area (Å²) in [5.41, 5.74) is 2.13. The maximum Gasteiger partial charge on any atom is 0.246 e. The first-order chi connectivity index (χ1) is 9.29. The molecule has 19 heavy (non-hydrogen) atoms. The molecule has 0 saturated heterocycles. The van der Waals surface area contributed by atoms with Gasteiger partial charge < -0.3 is 15.5 Å². The number of para-hydroxylation sites is 2. The Balaban J connectivity index is 1.82. The third kappa shape index (κ3) is 2.32. The van der Waals surface area contributed by atoms with Crippen molar-refractivity contribution >= 4 is 17.3 Å². The number of hydrogen-bond donors (Lipinski definition) is 2. The van der Waals surface area contributed by atoms with Crippen LogP contribution < -0.4 is 15.5 Å². The van der Waals surface area contributed by atoms with Crippen molar-refractivity contribution in [1.29, 1.82) is 0 Å². The van der Waals surface area contributed by atoms with E-state index < -0.39 is 0 Å². The smallest absolute Gasteiger partial charge is 0.246 e. The zero-order chi connectivity index (χ0) is 13.2. The maximum absolute atomic E-state index is 12.3. The monoisotopic (exact) mass is 259 g/mol. The number of hydrogen-bond acceptors (Lipinski definition) is 3. The minimum atomic E-state index is 0.201. The van der Waals surface area contributed by atoms with Crippen LogP contribution in [0.2, 0.25) is 0 Å². The van der Waals surface area contributed by atoms with E-state index in [4.69, 9.17) is 0 Å². The average molecular weight is 259 g/mol. The summed E-state index contributed by atoms with van der Waals surface area (Å²) in [6, 6.07) is 9.09. The SMILES string of the molecule is CNC1CCC(N2C(=O)CNc3ccccc32)CC1. The predicted molar refractivity (Wildman–Crippen MR) is 77.5 cm³/mol. The van der Waals surface area contributed by atoms with Crippen LogP contribution >= 0.6 is 0 Å². The summed E-state index contributed by atoms with van der Waals surface area (Å²) in [6.45, 7) is 0.420. The summed E-state index contributed by atoms with van der Waals surface area (Å²) in [6.07, 6.45) is 4.48. The minimum Gasteiger partial charge on any atom is -0.374 e. The lowest BCUT2D eigenvalue weighted by molar-refractivity contribution is -0.117. The number of nitrogens with one attached hydrogen (secondary N) is 2. The predicted octanol–water partition coefficient (Wildman–Crippen LogP) is 1.98. The molecule has 1 fully saturated rings. The molecule has 2 N–H and O–H groups in total. The molecule has 1 amide bonds. The van der Waals surface area contributed by atoms with E-state index in [0.717, 1.165) is 37.1 Å². The highest BCUT2D eigenvalue weighted by Crippen LogP contribution is 2.34. The van der Waals surface area contributed by atoms with Crippen LogP contribution in [0.25, 0.3) is 0 Å². The highest BCUT2D eigenvalue weighted by atomic mass is 16.2. The fourth-order valence-electron chi connectivity index (χ4n) is 3.25. The van der Waals surface area contributed by atoms with Gasteiger partial charge in [-0.25, -0.2) is 0 Å². The van der Waals surface area contributed by atoms with Gasteiger partial charge in [0.1, 0.15) is 0 Å². The summed E-state index contributed by atoms with van der Waals surface area (Å²) < 4.78 is 0. The Morgan fingerprint density at radius 2 is 1.95 bits per heavy atom. The molecule has 0 bridgehead atoms. The van der Waals surface area contributed by atoms with Crippen molar-refractivity contribution in [2.75, 3.05) is 23.8 Å². The van der Waals surface area contributed by atoms with Crippen LogP contribution in [0.4, 0.5) is 11.4 Å². The molecule has 1 aliphatic carbocycles. The Morgan fingerprint density at radius 1 is 1.21 bits per heavy atom. The fraction of sp³-hybridized carbons (Fsp3) is 0.533. The lowest BCUT2D eigenvalue weighted by Gasteiger charge is -2.40. The summed E-state index contributed by atoms with van der Waals surface area (Å²) >= 11 is 0. The molecule has 4 nitrogen and oxygen atoms in total. The number of nitrogens with zero attached hydrogens (tertiary/aromatic N) is 1. The molecule has 102 valence electrons. The van der Waals surface area contributed by atoms with E-state index >= 15 is 0 Å². The van der Waals surface area contributed by atoms with E-state index in [9.17, 15) is 4.79 Å². The number of anilines is 2. The first kappa shape index (κ1) is 12.5. The number of carbonyl (C=O) groups excluding carboxylic acids is 1. The highest BCUT2D eigenvalue weighted by Gasteiger charge is 2.32. The highest BCUT2D eigenvalue weighted by molar-refractivity contribution is 6.03. The molecular weight excluding hydrogens is 238 g/mol. The molecule has 1 saturated carbocycles. The van der Waals surface area contributed by atoms with Gasteiger partial charge in [0, 0.05) is 12.1 Å². The molecule has 0 unspecified atom stereocenters. The third-order valence-corrected chi connectivity index (χ3v) is 4.33. The second-order valence-electron chi connectivity index (χ2n) is 5.43. The van der Waals surface area contributed by atoms with Crippen LogP contribution in [-0.2, 0) is 4.79 Å². The fourth-order valence-corrected chi connectivity index (χ4v) is 3.25. The number of fused-ring (bicyclic) bond motifs is 1. The minimum absolute atomic E-state index is 0.201. The Morgan fingerprint density at radius 3 is 2.68 bits per heavy atom. The van der Waals surface area contributed by atoms with Crippen molar-refractivity contribution in [2.24, 2.45) is 0 Å². The molecule has 0 aromatic heterocycles. The Bertz CT molecular complexity index is 466. The quantitative estimate of drug-likeness (QED) is 0.853. The molecule has 1 aromatic carbocycles. The molecular formula is C15H21N3O. The zero-order valence-corrected chi connectivity index (χ0v) is 11.4. The van der Waals surface area contributed by atoms with Crippen molar-refractivity contribution in [3.05, 3.63) is 24.3 Å². The number of amides is 1. The third-order valence-electron chi connectivity index (χ3n) is 4.33. The van der Waals surface area contributed by atoms with Gasteiger partial charge in [-0.15, -0.1) is 0 Å². The Hall–Kier alpha value is -1.55. The second-order valence-corrected chi connectivity index (χ2v) is 5.43. The zero-order valence-electron chi connectivity index (χ0n) is 11.4. The van der Waals surface area contributed by atoms with Gasteiger partial charge in [0.2, 0.25) is 5.91 Å². The van der Waals surface area contributed by atoms with Gasteiger partial charge in [-0.1, -0.05) is 12.1 Å². The van der Waals surface area contributed by atoms with E-state index in [-0.39, 0.29) is 5.91 Å². The van der Waals surface area contributed by atoms with E-state index in [0.29, 0.717) is 18.6 Å². The number of carbonyl (C=O) groups is 1. The molecule has 0 radical (unpaired) electrons. The van der Waals surface area contributed by atoms with Crippen molar-refractivity contribution in [2.45, 2.75) is 37.8 Å². The van der Waals surface area contributed by atoms with E-state index in [1.807, 2.05) is 36.2 Å². The van der Waals surface area contributed by atoms with Crippen LogP contribution in [0.3, 0.4) is 0 Å². The molecule has 3 rings (SSSR count). The molecule has 0 atom stereocenters. The lowest BCUT2D eigenvalue weighted by atomic mass is 9.89.